The fourth-order valence-corrected chi connectivity index (χ4v) is 1.49. The molecule has 0 fully saturated rings. The highest BCUT2D eigenvalue weighted by Gasteiger charge is 2.10. The average Bonchev–Trinajstić information content (AvgIpc) is 2.63. The Morgan fingerprint density at radius 1 is 1.67 bits per heavy atom. The molecule has 4 nitrogen and oxygen atoms in total. The Balaban J connectivity index is 2.50. The van der Waals surface area contributed by atoms with Crippen molar-refractivity contribution in [1.29, 1.82) is 0 Å². The Bertz CT molecular complexity index is 322. The molecule has 0 spiro atoms. The summed E-state index contributed by atoms with van der Waals surface area (Å²) in [5.41, 5.74) is 0. The van der Waals surface area contributed by atoms with Crippen LogP contribution in [0.5, 0.6) is 0 Å². The molecular weight excluding hydrogens is 214 g/mol. The molecule has 1 aromatic rings. The molecular formula is C10H15NO3S. The Kier molecular flexibility index (Phi) is 4.71. The summed E-state index contributed by atoms with van der Waals surface area (Å²) in [5.74, 6) is 1.54. The molecule has 0 saturated heterocycles. The lowest BCUT2D eigenvalue weighted by Crippen LogP contribution is -2.30. The second kappa shape index (κ2) is 5.82. The number of thioether (sulfide) groups is 1. The molecule has 1 heterocycles. The van der Waals surface area contributed by atoms with Crippen LogP contribution >= 0.6 is 11.8 Å². The second-order valence-electron chi connectivity index (χ2n) is 3.26. The average molecular weight is 229 g/mol. The summed E-state index contributed by atoms with van der Waals surface area (Å²) in [5, 5.41) is 11.6. The van der Waals surface area contributed by atoms with Crippen molar-refractivity contribution in [1.82, 2.24) is 5.32 Å². The van der Waals surface area contributed by atoms with Gasteiger partial charge in [-0.25, -0.2) is 0 Å². The summed E-state index contributed by atoms with van der Waals surface area (Å²) in [4.78, 5) is 11.4. The van der Waals surface area contributed by atoms with Crippen LogP contribution < -0.4 is 5.32 Å². The molecule has 2 N–H and O–H groups in total. The van der Waals surface area contributed by atoms with Crippen LogP contribution in [0.4, 0.5) is 0 Å². The molecule has 0 radical (unpaired) electrons. The predicted molar refractivity (Wildman–Crippen MR) is 59.9 cm³/mol. The first-order valence-electron chi connectivity index (χ1n) is 4.67. The summed E-state index contributed by atoms with van der Waals surface area (Å²) in [6.07, 6.45) is 1.42. The van der Waals surface area contributed by atoms with Crippen LogP contribution in [0.25, 0.3) is 0 Å². The van der Waals surface area contributed by atoms with E-state index in [0.29, 0.717) is 5.76 Å². The lowest BCUT2D eigenvalue weighted by Gasteiger charge is -2.04. The highest BCUT2D eigenvalue weighted by atomic mass is 32.2. The summed E-state index contributed by atoms with van der Waals surface area (Å²) in [6.45, 7) is 1.85. The van der Waals surface area contributed by atoms with E-state index < -0.39 is 6.10 Å². The Labute approximate surface area is 93.0 Å². The van der Waals surface area contributed by atoms with E-state index >= 15 is 0 Å². The van der Waals surface area contributed by atoms with Gasteiger partial charge in [0.15, 0.2) is 5.76 Å². The van der Waals surface area contributed by atoms with Gasteiger partial charge in [0.25, 0.3) is 5.91 Å². The first-order chi connectivity index (χ1) is 7.13. The number of hydrogen-bond acceptors (Lipinski definition) is 4. The quantitative estimate of drug-likeness (QED) is 0.797. The van der Waals surface area contributed by atoms with Gasteiger partial charge in [-0.15, -0.1) is 0 Å². The van der Waals surface area contributed by atoms with Gasteiger partial charge in [-0.1, -0.05) is 0 Å². The molecule has 84 valence electrons. The molecule has 15 heavy (non-hydrogen) atoms. The van der Waals surface area contributed by atoms with Crippen molar-refractivity contribution in [2.24, 2.45) is 0 Å². The first kappa shape index (κ1) is 12.1. The van der Waals surface area contributed by atoms with E-state index in [0.717, 1.165) is 11.5 Å². The van der Waals surface area contributed by atoms with Gasteiger partial charge in [0.1, 0.15) is 5.76 Å². The molecule has 0 aliphatic heterocycles. The highest BCUT2D eigenvalue weighted by molar-refractivity contribution is 7.97. The van der Waals surface area contributed by atoms with Crippen LogP contribution in [0, 0.1) is 0 Å². The van der Waals surface area contributed by atoms with E-state index in [4.69, 9.17) is 9.52 Å². The summed E-state index contributed by atoms with van der Waals surface area (Å²) in [6, 6.07) is 3.43. The molecule has 0 aliphatic rings. The minimum Gasteiger partial charge on any atom is -0.455 e. The zero-order valence-corrected chi connectivity index (χ0v) is 9.63. The van der Waals surface area contributed by atoms with Gasteiger partial charge in [0.05, 0.1) is 11.9 Å². The fourth-order valence-electron chi connectivity index (χ4n) is 1.05. The van der Waals surface area contributed by atoms with Crippen molar-refractivity contribution >= 4 is 17.7 Å². The molecule has 0 aromatic carbocycles. The number of furan rings is 1. The van der Waals surface area contributed by atoms with Gasteiger partial charge in [-0.3, -0.25) is 4.79 Å². The van der Waals surface area contributed by atoms with E-state index in [1.807, 2.05) is 6.26 Å². The fraction of sp³-hybridized carbons (Fsp3) is 0.500. The topological polar surface area (TPSA) is 62.5 Å². The van der Waals surface area contributed by atoms with Gasteiger partial charge in [-0.2, -0.15) is 11.8 Å². The van der Waals surface area contributed by atoms with Crippen LogP contribution in [0.1, 0.15) is 23.2 Å². The molecule has 1 rings (SSSR count). The number of nitrogens with one attached hydrogen (secondary N) is 1. The van der Waals surface area contributed by atoms with Crippen LogP contribution in [0.2, 0.25) is 0 Å². The first-order valence-corrected chi connectivity index (χ1v) is 6.06. The Morgan fingerprint density at radius 3 is 3.00 bits per heavy atom. The number of carbonyl (C=O) groups excluding carboxylic acids is 1. The van der Waals surface area contributed by atoms with E-state index in [2.05, 4.69) is 5.32 Å². The van der Waals surface area contributed by atoms with Crippen molar-refractivity contribution in [3.8, 4) is 0 Å². The third-order valence-corrected chi connectivity index (χ3v) is 2.30. The zero-order chi connectivity index (χ0) is 11.3. The molecule has 5 heteroatoms. The standard InChI is InChI=1S/C10H15NO3S/c1-7(12)5-11-10(13)9-4-3-8(14-9)6-15-2/h3-4,7,12H,5-6H2,1-2H3,(H,11,13)/t7-/m0/s1. The number of aliphatic hydroxyl groups is 1. The summed E-state index contributed by atoms with van der Waals surface area (Å²) in [7, 11) is 0. The van der Waals surface area contributed by atoms with Crippen molar-refractivity contribution in [2.45, 2.75) is 18.8 Å². The predicted octanol–water partition coefficient (Wildman–Crippen LogP) is 1.25. The van der Waals surface area contributed by atoms with Gasteiger partial charge >= 0.3 is 0 Å². The molecule has 0 aliphatic carbocycles. The van der Waals surface area contributed by atoms with Crippen molar-refractivity contribution < 1.29 is 14.3 Å². The van der Waals surface area contributed by atoms with Crippen LogP contribution in [-0.4, -0.2) is 29.9 Å². The number of aliphatic hydroxyl groups excluding tert-OH is 1. The maximum Gasteiger partial charge on any atom is 0.287 e. The SMILES string of the molecule is CSCc1ccc(C(=O)NC[C@H](C)O)o1. The smallest absolute Gasteiger partial charge is 0.287 e. The van der Waals surface area contributed by atoms with Crippen LogP contribution in [-0.2, 0) is 5.75 Å². The van der Waals surface area contributed by atoms with E-state index in [1.54, 1.807) is 30.8 Å². The van der Waals surface area contributed by atoms with Gasteiger partial charge in [-0.05, 0) is 25.3 Å². The largest absolute Gasteiger partial charge is 0.455 e. The third-order valence-electron chi connectivity index (χ3n) is 1.73. The highest BCUT2D eigenvalue weighted by Crippen LogP contribution is 2.13. The maximum absolute atomic E-state index is 11.4. The van der Waals surface area contributed by atoms with Crippen LogP contribution in [0.15, 0.2) is 16.5 Å². The van der Waals surface area contributed by atoms with Crippen molar-refractivity contribution in [3.05, 3.63) is 23.7 Å². The molecule has 0 bridgehead atoms. The minimum atomic E-state index is -0.547. The normalized spacial score (nSPS) is 12.5. The number of hydrogen-bond donors (Lipinski definition) is 2. The van der Waals surface area contributed by atoms with Gasteiger partial charge in [0.2, 0.25) is 0 Å². The minimum absolute atomic E-state index is 0.234. The van der Waals surface area contributed by atoms with Crippen molar-refractivity contribution in [3.63, 3.8) is 0 Å². The number of amides is 1. The van der Waals surface area contributed by atoms with E-state index in [9.17, 15) is 4.79 Å². The molecule has 0 saturated carbocycles. The van der Waals surface area contributed by atoms with E-state index in [1.165, 1.54) is 0 Å². The zero-order valence-electron chi connectivity index (χ0n) is 8.82. The second-order valence-corrected chi connectivity index (χ2v) is 4.12. The summed E-state index contributed by atoms with van der Waals surface area (Å²) >= 11 is 1.63. The van der Waals surface area contributed by atoms with E-state index in [-0.39, 0.29) is 12.5 Å². The number of rotatable bonds is 5. The molecule has 1 amide bonds. The van der Waals surface area contributed by atoms with Gasteiger partial charge < -0.3 is 14.8 Å². The van der Waals surface area contributed by atoms with Crippen molar-refractivity contribution in [2.75, 3.05) is 12.8 Å². The summed E-state index contributed by atoms with van der Waals surface area (Å²) < 4.78 is 5.30. The lowest BCUT2D eigenvalue weighted by molar-refractivity contribution is 0.0895. The maximum atomic E-state index is 11.4. The molecule has 0 unspecified atom stereocenters. The monoisotopic (exact) mass is 229 g/mol. The number of carbonyl (C=O) groups is 1. The molecule has 1 atom stereocenters. The third kappa shape index (κ3) is 3.97. The van der Waals surface area contributed by atoms with Gasteiger partial charge in [0, 0.05) is 6.54 Å². The molecule has 1 aromatic heterocycles. The lowest BCUT2D eigenvalue weighted by atomic mass is 10.3. The Morgan fingerprint density at radius 2 is 2.40 bits per heavy atom. The Hall–Kier alpha value is -0.940. The van der Waals surface area contributed by atoms with Crippen LogP contribution in [0.3, 0.4) is 0 Å².